The van der Waals surface area contributed by atoms with Crippen molar-refractivity contribution in [3.8, 4) is 0 Å². The highest BCUT2D eigenvalue weighted by molar-refractivity contribution is 5.91. The van der Waals surface area contributed by atoms with Crippen LogP contribution in [0.4, 0.5) is 10.5 Å². The zero-order chi connectivity index (χ0) is 15.7. The van der Waals surface area contributed by atoms with Crippen LogP contribution in [0, 0.1) is 0 Å². The standard InChI is InChI=1S/C16H25N3O2/c1-3-4-5-8-12(2)18-16(21)19-14-10-7-6-9-13(14)11-15(17)20/h6-7,9-10,12H,3-5,8,11H2,1-2H3,(H2,17,20)(H2,18,19,21)/t12-/m1/s1. The van der Waals surface area contributed by atoms with Crippen LogP contribution in [0.15, 0.2) is 24.3 Å². The summed E-state index contributed by atoms with van der Waals surface area (Å²) in [5, 5.41) is 5.68. The molecule has 1 atom stereocenters. The molecule has 1 aromatic carbocycles. The Bertz CT molecular complexity index is 474. The van der Waals surface area contributed by atoms with Gasteiger partial charge in [0.1, 0.15) is 0 Å². The van der Waals surface area contributed by atoms with Gasteiger partial charge in [0.05, 0.1) is 6.42 Å². The number of nitrogens with two attached hydrogens (primary N) is 1. The molecule has 0 aliphatic heterocycles. The Morgan fingerprint density at radius 2 is 1.95 bits per heavy atom. The first kappa shape index (κ1) is 17.0. The second-order valence-corrected chi connectivity index (χ2v) is 5.30. The molecule has 0 spiro atoms. The van der Waals surface area contributed by atoms with Gasteiger partial charge >= 0.3 is 6.03 Å². The summed E-state index contributed by atoms with van der Waals surface area (Å²) in [6.45, 7) is 4.14. The van der Waals surface area contributed by atoms with E-state index >= 15 is 0 Å². The quantitative estimate of drug-likeness (QED) is 0.643. The van der Waals surface area contributed by atoms with Gasteiger partial charge in [-0.1, -0.05) is 44.4 Å². The van der Waals surface area contributed by atoms with Crippen LogP contribution in [0.25, 0.3) is 0 Å². The van der Waals surface area contributed by atoms with Gasteiger partial charge in [0.25, 0.3) is 0 Å². The van der Waals surface area contributed by atoms with Crippen LogP contribution in [0.5, 0.6) is 0 Å². The number of unbranched alkanes of at least 4 members (excludes halogenated alkanes) is 2. The number of carbonyl (C=O) groups is 2. The summed E-state index contributed by atoms with van der Waals surface area (Å²) in [5.74, 6) is -0.419. The summed E-state index contributed by atoms with van der Waals surface area (Å²) >= 11 is 0. The molecule has 1 rings (SSSR count). The van der Waals surface area contributed by atoms with Crippen molar-refractivity contribution < 1.29 is 9.59 Å². The molecule has 5 nitrogen and oxygen atoms in total. The highest BCUT2D eigenvalue weighted by Crippen LogP contribution is 2.15. The van der Waals surface area contributed by atoms with Crippen LogP contribution in [0.2, 0.25) is 0 Å². The molecule has 0 saturated carbocycles. The van der Waals surface area contributed by atoms with E-state index in [1.54, 1.807) is 12.1 Å². The Morgan fingerprint density at radius 3 is 2.62 bits per heavy atom. The predicted molar refractivity (Wildman–Crippen MR) is 85.1 cm³/mol. The Hall–Kier alpha value is -2.04. The van der Waals surface area contributed by atoms with E-state index in [0.717, 1.165) is 18.4 Å². The average molecular weight is 291 g/mol. The van der Waals surface area contributed by atoms with E-state index in [1.165, 1.54) is 12.8 Å². The largest absolute Gasteiger partial charge is 0.369 e. The number of anilines is 1. The van der Waals surface area contributed by atoms with E-state index in [-0.39, 0.29) is 18.5 Å². The number of primary amides is 1. The minimum absolute atomic E-state index is 0.114. The maximum absolute atomic E-state index is 12.0. The molecule has 0 aromatic heterocycles. The van der Waals surface area contributed by atoms with Crippen LogP contribution >= 0.6 is 0 Å². The molecule has 1 aromatic rings. The van der Waals surface area contributed by atoms with Gasteiger partial charge in [-0.3, -0.25) is 4.79 Å². The third kappa shape index (κ3) is 6.79. The summed E-state index contributed by atoms with van der Waals surface area (Å²) in [6, 6.07) is 7.04. The van der Waals surface area contributed by atoms with Gasteiger partial charge in [-0.25, -0.2) is 4.79 Å². The van der Waals surface area contributed by atoms with Crippen LogP contribution in [-0.2, 0) is 11.2 Å². The fraction of sp³-hybridized carbons (Fsp3) is 0.500. The van der Waals surface area contributed by atoms with Crippen LogP contribution in [0.1, 0.15) is 45.1 Å². The average Bonchev–Trinajstić information content (AvgIpc) is 2.40. The first-order valence-corrected chi connectivity index (χ1v) is 7.46. The van der Waals surface area contributed by atoms with Crippen LogP contribution < -0.4 is 16.4 Å². The molecule has 0 fully saturated rings. The summed E-state index contributed by atoms with van der Waals surface area (Å²) < 4.78 is 0. The van der Waals surface area contributed by atoms with E-state index in [0.29, 0.717) is 5.69 Å². The van der Waals surface area contributed by atoms with Gasteiger partial charge in [0.15, 0.2) is 0 Å². The van der Waals surface area contributed by atoms with Gasteiger partial charge in [-0.2, -0.15) is 0 Å². The first-order valence-electron chi connectivity index (χ1n) is 7.46. The summed E-state index contributed by atoms with van der Waals surface area (Å²) in [5.41, 5.74) is 6.55. The molecule has 4 N–H and O–H groups in total. The van der Waals surface area contributed by atoms with Crippen molar-refractivity contribution in [2.24, 2.45) is 5.73 Å². The molecule has 0 heterocycles. The molecule has 0 bridgehead atoms. The van der Waals surface area contributed by atoms with E-state index in [4.69, 9.17) is 5.73 Å². The molecule has 0 saturated heterocycles. The normalized spacial score (nSPS) is 11.7. The minimum Gasteiger partial charge on any atom is -0.369 e. The van der Waals surface area contributed by atoms with Crippen molar-refractivity contribution >= 4 is 17.6 Å². The van der Waals surface area contributed by atoms with Gasteiger partial charge in [0.2, 0.25) is 5.91 Å². The third-order valence-electron chi connectivity index (χ3n) is 3.25. The summed E-state index contributed by atoms with van der Waals surface area (Å²) in [6.07, 6.45) is 4.53. The first-order chi connectivity index (χ1) is 10.0. The highest BCUT2D eigenvalue weighted by Gasteiger charge is 2.10. The molecular formula is C16H25N3O2. The fourth-order valence-electron chi connectivity index (χ4n) is 2.14. The molecule has 3 amide bonds. The monoisotopic (exact) mass is 291 g/mol. The zero-order valence-corrected chi connectivity index (χ0v) is 12.8. The van der Waals surface area contributed by atoms with Crippen molar-refractivity contribution in [3.05, 3.63) is 29.8 Å². The van der Waals surface area contributed by atoms with Gasteiger partial charge in [-0.05, 0) is 25.0 Å². The lowest BCUT2D eigenvalue weighted by Gasteiger charge is -2.15. The van der Waals surface area contributed by atoms with Gasteiger partial charge in [-0.15, -0.1) is 0 Å². The smallest absolute Gasteiger partial charge is 0.319 e. The second-order valence-electron chi connectivity index (χ2n) is 5.30. The predicted octanol–water partition coefficient (Wildman–Crippen LogP) is 2.80. The molecule has 5 heteroatoms. The fourth-order valence-corrected chi connectivity index (χ4v) is 2.14. The van der Waals surface area contributed by atoms with Crippen molar-refractivity contribution in [1.29, 1.82) is 0 Å². The molecular weight excluding hydrogens is 266 g/mol. The van der Waals surface area contributed by atoms with Crippen LogP contribution in [-0.4, -0.2) is 18.0 Å². The van der Waals surface area contributed by atoms with Crippen molar-refractivity contribution in [2.75, 3.05) is 5.32 Å². The topological polar surface area (TPSA) is 84.2 Å². The maximum atomic E-state index is 12.0. The Morgan fingerprint density at radius 1 is 1.24 bits per heavy atom. The second kappa shape index (κ2) is 9.00. The number of hydrogen-bond donors (Lipinski definition) is 3. The molecule has 116 valence electrons. The van der Waals surface area contributed by atoms with E-state index in [2.05, 4.69) is 17.6 Å². The molecule has 0 aliphatic rings. The number of amides is 3. The van der Waals surface area contributed by atoms with Crippen LogP contribution in [0.3, 0.4) is 0 Å². The maximum Gasteiger partial charge on any atom is 0.319 e. The number of nitrogens with one attached hydrogen (secondary N) is 2. The van der Waals surface area contributed by atoms with E-state index in [1.807, 2.05) is 19.1 Å². The van der Waals surface area contributed by atoms with Gasteiger partial charge < -0.3 is 16.4 Å². The van der Waals surface area contributed by atoms with E-state index in [9.17, 15) is 9.59 Å². The number of rotatable bonds is 8. The number of hydrogen-bond acceptors (Lipinski definition) is 2. The highest BCUT2D eigenvalue weighted by atomic mass is 16.2. The molecule has 0 unspecified atom stereocenters. The van der Waals surface area contributed by atoms with Gasteiger partial charge in [0, 0.05) is 11.7 Å². The SMILES string of the molecule is CCCCC[C@@H](C)NC(=O)Nc1ccccc1CC(N)=O. The molecule has 0 aliphatic carbocycles. The number of benzene rings is 1. The summed E-state index contributed by atoms with van der Waals surface area (Å²) in [7, 11) is 0. The Balaban J connectivity index is 2.52. The lowest BCUT2D eigenvalue weighted by Crippen LogP contribution is -2.36. The molecule has 21 heavy (non-hydrogen) atoms. The minimum atomic E-state index is -0.419. The number of urea groups is 1. The van der Waals surface area contributed by atoms with Crippen molar-refractivity contribution in [3.63, 3.8) is 0 Å². The van der Waals surface area contributed by atoms with Crippen molar-refractivity contribution in [1.82, 2.24) is 5.32 Å². The van der Waals surface area contributed by atoms with Crippen molar-refractivity contribution in [2.45, 2.75) is 52.0 Å². The summed E-state index contributed by atoms with van der Waals surface area (Å²) in [4.78, 5) is 23.0. The Kier molecular flexibility index (Phi) is 7.29. The Labute approximate surface area is 126 Å². The number of para-hydroxylation sites is 1. The number of carbonyl (C=O) groups excluding carboxylic acids is 2. The third-order valence-corrected chi connectivity index (χ3v) is 3.25. The lowest BCUT2D eigenvalue weighted by atomic mass is 10.1. The van der Waals surface area contributed by atoms with E-state index < -0.39 is 5.91 Å². The zero-order valence-electron chi connectivity index (χ0n) is 12.8. The molecule has 0 radical (unpaired) electrons. The lowest BCUT2D eigenvalue weighted by molar-refractivity contribution is -0.117.